The minimum absolute atomic E-state index is 0.0616. The Morgan fingerprint density at radius 2 is 2.10 bits per heavy atom. The van der Waals surface area contributed by atoms with E-state index in [1.807, 2.05) is 29.6 Å². The first kappa shape index (κ1) is 15.3. The molecule has 0 radical (unpaired) electrons. The number of rotatable bonds is 7. The molecule has 0 aliphatic carbocycles. The third kappa shape index (κ3) is 5.79. The maximum Gasteiger partial charge on any atom is 0.240 e. The number of aryl methyl sites for hydroxylation is 1. The average molecular weight is 301 g/mol. The van der Waals surface area contributed by atoms with Crippen LogP contribution in [0.25, 0.3) is 0 Å². The lowest BCUT2D eigenvalue weighted by atomic mass is 10.2. The van der Waals surface area contributed by atoms with Crippen LogP contribution in [0.1, 0.15) is 23.3 Å². The minimum atomic E-state index is -0.0616. The molecule has 0 aliphatic heterocycles. The van der Waals surface area contributed by atoms with Crippen LogP contribution in [-0.4, -0.2) is 18.7 Å². The van der Waals surface area contributed by atoms with Gasteiger partial charge in [0.1, 0.15) is 0 Å². The maximum absolute atomic E-state index is 11.6. The summed E-state index contributed by atoms with van der Waals surface area (Å²) >= 11 is 1.58. The molecular weight excluding hydrogens is 282 g/mol. The number of nitrogens with one attached hydrogen (secondary N) is 2. The fourth-order valence-corrected chi connectivity index (χ4v) is 2.33. The van der Waals surface area contributed by atoms with E-state index >= 15 is 0 Å². The molecule has 2 N–H and O–H groups in total. The van der Waals surface area contributed by atoms with Crippen LogP contribution in [0.3, 0.4) is 0 Å². The lowest BCUT2D eigenvalue weighted by Crippen LogP contribution is -2.18. The number of hydrogen-bond acceptors (Lipinski definition) is 4. The largest absolute Gasteiger partial charge is 0.385 e. The molecule has 2 rings (SSSR count). The van der Waals surface area contributed by atoms with Gasteiger partial charge in [-0.15, -0.1) is 11.3 Å². The van der Waals surface area contributed by atoms with Gasteiger partial charge < -0.3 is 5.32 Å². The van der Waals surface area contributed by atoms with E-state index in [0.29, 0.717) is 6.42 Å². The van der Waals surface area contributed by atoms with Crippen molar-refractivity contribution in [3.63, 3.8) is 0 Å². The van der Waals surface area contributed by atoms with Gasteiger partial charge in [0.25, 0.3) is 0 Å². The highest BCUT2D eigenvalue weighted by Crippen LogP contribution is 2.08. The Labute approximate surface area is 128 Å². The van der Waals surface area contributed by atoms with Crippen LogP contribution in [0.15, 0.2) is 46.9 Å². The van der Waals surface area contributed by atoms with E-state index in [9.17, 15) is 4.79 Å². The van der Waals surface area contributed by atoms with E-state index in [1.165, 1.54) is 5.56 Å². The Morgan fingerprint density at radius 1 is 1.29 bits per heavy atom. The molecule has 2 aromatic rings. The normalized spacial score (nSPS) is 10.7. The smallest absolute Gasteiger partial charge is 0.240 e. The molecular formula is C16H19N3OS. The lowest BCUT2D eigenvalue weighted by Gasteiger charge is -2.06. The van der Waals surface area contributed by atoms with Crippen LogP contribution < -0.4 is 10.7 Å². The fraction of sp³-hybridized carbons (Fsp3) is 0.250. The van der Waals surface area contributed by atoms with Gasteiger partial charge in [-0.3, -0.25) is 4.79 Å². The molecule has 0 aliphatic rings. The van der Waals surface area contributed by atoms with Crippen molar-refractivity contribution in [2.75, 3.05) is 11.9 Å². The number of hydrogen-bond donors (Lipinski definition) is 2. The van der Waals surface area contributed by atoms with Crippen LogP contribution in [0, 0.1) is 6.92 Å². The summed E-state index contributed by atoms with van der Waals surface area (Å²) in [6.07, 6.45) is 2.89. The number of carbonyl (C=O) groups excluding carboxylic acids is 1. The molecule has 0 atom stereocenters. The number of hydrazone groups is 1. The standard InChI is InChI=1S/C16H19N3OS/c1-13-6-8-14(9-7-13)17-10-2-5-16(20)19-18-12-15-4-3-11-21-15/h3-4,6-9,11-12,17H,2,5,10H2,1H3,(H,19,20). The van der Waals surface area contributed by atoms with Gasteiger partial charge in [-0.25, -0.2) is 5.43 Å². The van der Waals surface area contributed by atoms with Gasteiger partial charge in [-0.1, -0.05) is 23.8 Å². The molecule has 5 heteroatoms. The van der Waals surface area contributed by atoms with Gasteiger partial charge in [-0.05, 0) is 36.9 Å². The van der Waals surface area contributed by atoms with Gasteiger partial charge in [0.2, 0.25) is 5.91 Å². The Balaban J connectivity index is 1.60. The maximum atomic E-state index is 11.6. The molecule has 1 aromatic heterocycles. The van der Waals surface area contributed by atoms with Crippen molar-refractivity contribution in [1.82, 2.24) is 5.43 Å². The van der Waals surface area contributed by atoms with E-state index in [-0.39, 0.29) is 5.91 Å². The number of anilines is 1. The quantitative estimate of drug-likeness (QED) is 0.468. The Kier molecular flexibility index (Phi) is 5.97. The van der Waals surface area contributed by atoms with Crippen LogP contribution >= 0.6 is 11.3 Å². The predicted molar refractivity (Wildman–Crippen MR) is 89.0 cm³/mol. The molecule has 0 bridgehead atoms. The highest BCUT2D eigenvalue weighted by Gasteiger charge is 1.99. The third-order valence-electron chi connectivity index (χ3n) is 2.89. The Bertz CT molecular complexity index is 576. The summed E-state index contributed by atoms with van der Waals surface area (Å²) in [5, 5.41) is 9.19. The highest BCUT2D eigenvalue weighted by molar-refractivity contribution is 7.11. The first-order valence-corrected chi connectivity index (χ1v) is 7.78. The van der Waals surface area contributed by atoms with Crippen molar-refractivity contribution >= 4 is 29.1 Å². The summed E-state index contributed by atoms with van der Waals surface area (Å²) in [4.78, 5) is 12.6. The molecule has 4 nitrogen and oxygen atoms in total. The van der Waals surface area contributed by atoms with Crippen molar-refractivity contribution in [3.8, 4) is 0 Å². The zero-order valence-electron chi connectivity index (χ0n) is 12.0. The van der Waals surface area contributed by atoms with E-state index in [0.717, 1.165) is 23.5 Å². The topological polar surface area (TPSA) is 53.5 Å². The molecule has 110 valence electrons. The van der Waals surface area contributed by atoms with Crippen LogP contribution in [0.5, 0.6) is 0 Å². The molecule has 1 aromatic carbocycles. The summed E-state index contributed by atoms with van der Waals surface area (Å²) in [5.74, 6) is -0.0616. The molecule has 21 heavy (non-hydrogen) atoms. The SMILES string of the molecule is Cc1ccc(NCCCC(=O)NN=Cc2cccs2)cc1. The Hall–Kier alpha value is -2.14. The van der Waals surface area contributed by atoms with Gasteiger partial charge >= 0.3 is 0 Å². The zero-order valence-corrected chi connectivity index (χ0v) is 12.8. The molecule has 0 fully saturated rings. The van der Waals surface area contributed by atoms with E-state index in [4.69, 9.17) is 0 Å². The van der Waals surface area contributed by atoms with Crippen molar-refractivity contribution in [3.05, 3.63) is 52.2 Å². The Morgan fingerprint density at radius 3 is 2.81 bits per heavy atom. The molecule has 0 unspecified atom stereocenters. The van der Waals surface area contributed by atoms with Crippen molar-refractivity contribution in [2.45, 2.75) is 19.8 Å². The number of amides is 1. The number of nitrogens with zero attached hydrogens (tertiary/aromatic N) is 1. The summed E-state index contributed by atoms with van der Waals surface area (Å²) in [7, 11) is 0. The van der Waals surface area contributed by atoms with Crippen molar-refractivity contribution in [2.24, 2.45) is 5.10 Å². The van der Waals surface area contributed by atoms with Crippen molar-refractivity contribution < 1.29 is 4.79 Å². The minimum Gasteiger partial charge on any atom is -0.385 e. The molecule has 0 saturated heterocycles. The lowest BCUT2D eigenvalue weighted by molar-refractivity contribution is -0.121. The molecule has 1 amide bonds. The fourth-order valence-electron chi connectivity index (χ4n) is 1.74. The average Bonchev–Trinajstić information content (AvgIpc) is 2.99. The van der Waals surface area contributed by atoms with Crippen molar-refractivity contribution in [1.29, 1.82) is 0 Å². The number of benzene rings is 1. The van der Waals surface area contributed by atoms with Gasteiger partial charge in [0, 0.05) is 23.5 Å². The van der Waals surface area contributed by atoms with Crippen LogP contribution in [-0.2, 0) is 4.79 Å². The monoisotopic (exact) mass is 301 g/mol. The second kappa shape index (κ2) is 8.21. The molecule has 0 saturated carbocycles. The zero-order chi connectivity index (χ0) is 14.9. The van der Waals surface area contributed by atoms with Gasteiger partial charge in [0.15, 0.2) is 0 Å². The second-order valence-corrected chi connectivity index (χ2v) is 5.68. The van der Waals surface area contributed by atoms with Gasteiger partial charge in [0.05, 0.1) is 6.21 Å². The molecule has 1 heterocycles. The highest BCUT2D eigenvalue weighted by atomic mass is 32.1. The predicted octanol–water partition coefficient (Wildman–Crippen LogP) is 3.40. The van der Waals surface area contributed by atoms with E-state index in [1.54, 1.807) is 17.6 Å². The first-order valence-electron chi connectivity index (χ1n) is 6.90. The number of thiophene rings is 1. The summed E-state index contributed by atoms with van der Waals surface area (Å²) < 4.78 is 0. The number of carbonyl (C=O) groups is 1. The third-order valence-corrected chi connectivity index (χ3v) is 3.69. The second-order valence-electron chi connectivity index (χ2n) is 4.70. The summed E-state index contributed by atoms with van der Waals surface area (Å²) in [6.45, 7) is 2.83. The van der Waals surface area contributed by atoms with E-state index < -0.39 is 0 Å². The van der Waals surface area contributed by atoms with Crippen LogP contribution in [0.2, 0.25) is 0 Å². The van der Waals surface area contributed by atoms with Gasteiger partial charge in [-0.2, -0.15) is 5.10 Å². The summed E-state index contributed by atoms with van der Waals surface area (Å²) in [6, 6.07) is 12.1. The molecule has 0 spiro atoms. The van der Waals surface area contributed by atoms with E-state index in [2.05, 4.69) is 34.9 Å². The first-order chi connectivity index (χ1) is 10.2. The summed E-state index contributed by atoms with van der Waals surface area (Å²) in [5.41, 5.74) is 4.86. The van der Waals surface area contributed by atoms with Crippen LogP contribution in [0.4, 0.5) is 5.69 Å².